The van der Waals surface area contributed by atoms with Gasteiger partial charge in [0.15, 0.2) is 0 Å². The average Bonchev–Trinajstić information content (AvgIpc) is 3.02. The first-order valence-corrected chi connectivity index (χ1v) is 10.4. The van der Waals surface area contributed by atoms with Crippen molar-refractivity contribution < 1.29 is 4.74 Å². The minimum absolute atomic E-state index is 0.680. The van der Waals surface area contributed by atoms with Gasteiger partial charge in [-0.1, -0.05) is 43.3 Å². The molecule has 0 saturated carbocycles. The molecule has 1 aliphatic heterocycles. The third-order valence-electron chi connectivity index (χ3n) is 6.25. The van der Waals surface area contributed by atoms with Crippen LogP contribution in [0.25, 0.3) is 0 Å². The number of hydrogen-bond donors (Lipinski definition) is 0. The van der Waals surface area contributed by atoms with Crippen molar-refractivity contribution >= 4 is 5.69 Å². The summed E-state index contributed by atoms with van der Waals surface area (Å²) in [5.41, 5.74) is 5.94. The van der Waals surface area contributed by atoms with Crippen LogP contribution in [0, 0.1) is 5.92 Å². The second-order valence-corrected chi connectivity index (χ2v) is 8.28. The standard InChI is InChI=1S/C24H32N2O/c1-19-16-21-8-9-22(26-12-14-27-15-13-26)17-24(21)23(19)10-11-25(2)18-20-6-4-3-5-7-20/h3-9,17,19,23H,10-16,18H2,1-2H3. The van der Waals surface area contributed by atoms with Crippen LogP contribution in [0.15, 0.2) is 48.5 Å². The van der Waals surface area contributed by atoms with Gasteiger partial charge in [-0.05, 0) is 67.1 Å². The maximum Gasteiger partial charge on any atom is 0.0642 e. The first-order valence-electron chi connectivity index (χ1n) is 10.4. The van der Waals surface area contributed by atoms with Crippen LogP contribution in [-0.4, -0.2) is 44.8 Å². The summed E-state index contributed by atoms with van der Waals surface area (Å²) in [5.74, 6) is 1.42. The summed E-state index contributed by atoms with van der Waals surface area (Å²) in [6.07, 6.45) is 2.47. The van der Waals surface area contributed by atoms with Gasteiger partial charge in [-0.15, -0.1) is 0 Å². The van der Waals surface area contributed by atoms with E-state index in [-0.39, 0.29) is 0 Å². The van der Waals surface area contributed by atoms with E-state index in [2.05, 4.69) is 72.3 Å². The van der Waals surface area contributed by atoms with Gasteiger partial charge in [0.25, 0.3) is 0 Å². The number of nitrogens with zero attached hydrogens (tertiary/aromatic N) is 2. The Labute approximate surface area is 163 Å². The molecular formula is C24H32N2O. The number of rotatable bonds is 6. The molecule has 0 aromatic heterocycles. The van der Waals surface area contributed by atoms with Gasteiger partial charge in [0, 0.05) is 25.3 Å². The van der Waals surface area contributed by atoms with E-state index in [4.69, 9.17) is 4.74 Å². The first kappa shape index (κ1) is 18.5. The van der Waals surface area contributed by atoms with Gasteiger partial charge in [-0.2, -0.15) is 0 Å². The topological polar surface area (TPSA) is 15.7 Å². The molecule has 2 atom stereocenters. The van der Waals surface area contributed by atoms with Crippen molar-refractivity contribution in [3.63, 3.8) is 0 Å². The van der Waals surface area contributed by atoms with E-state index in [9.17, 15) is 0 Å². The van der Waals surface area contributed by atoms with Gasteiger partial charge in [0.05, 0.1) is 13.2 Å². The van der Waals surface area contributed by atoms with Crippen LogP contribution in [0.4, 0.5) is 5.69 Å². The molecule has 0 spiro atoms. The largest absolute Gasteiger partial charge is 0.378 e. The molecular weight excluding hydrogens is 332 g/mol. The van der Waals surface area contributed by atoms with Gasteiger partial charge in [0.1, 0.15) is 0 Å². The number of ether oxygens (including phenoxy) is 1. The Morgan fingerprint density at radius 3 is 2.63 bits per heavy atom. The fourth-order valence-corrected chi connectivity index (χ4v) is 4.70. The van der Waals surface area contributed by atoms with E-state index in [1.54, 1.807) is 11.1 Å². The van der Waals surface area contributed by atoms with Crippen molar-refractivity contribution in [2.75, 3.05) is 44.8 Å². The number of anilines is 1. The normalized spacial score (nSPS) is 22.3. The van der Waals surface area contributed by atoms with Gasteiger partial charge in [-0.25, -0.2) is 0 Å². The summed E-state index contributed by atoms with van der Waals surface area (Å²) in [5, 5.41) is 0. The van der Waals surface area contributed by atoms with Crippen LogP contribution in [0.2, 0.25) is 0 Å². The molecule has 4 rings (SSSR count). The molecule has 1 fully saturated rings. The van der Waals surface area contributed by atoms with Gasteiger partial charge < -0.3 is 14.5 Å². The molecule has 2 aromatic carbocycles. The number of hydrogen-bond acceptors (Lipinski definition) is 3. The molecule has 2 aliphatic rings. The van der Waals surface area contributed by atoms with E-state index < -0.39 is 0 Å². The maximum absolute atomic E-state index is 5.52. The molecule has 3 heteroatoms. The zero-order valence-electron chi connectivity index (χ0n) is 16.7. The van der Waals surface area contributed by atoms with Crippen LogP contribution >= 0.6 is 0 Å². The number of morpholine rings is 1. The highest BCUT2D eigenvalue weighted by Crippen LogP contribution is 2.41. The van der Waals surface area contributed by atoms with Crippen molar-refractivity contribution in [3.8, 4) is 0 Å². The predicted octanol–water partition coefficient (Wildman–Crippen LogP) is 4.32. The summed E-state index contributed by atoms with van der Waals surface area (Å²) in [7, 11) is 2.25. The van der Waals surface area contributed by atoms with Gasteiger partial charge in [0.2, 0.25) is 0 Å². The Bertz CT molecular complexity index is 739. The first-order chi connectivity index (χ1) is 13.2. The average molecular weight is 365 g/mol. The molecule has 1 aliphatic carbocycles. The van der Waals surface area contributed by atoms with Crippen LogP contribution < -0.4 is 4.90 Å². The summed E-state index contributed by atoms with van der Waals surface area (Å²) < 4.78 is 5.52. The van der Waals surface area contributed by atoms with Gasteiger partial charge >= 0.3 is 0 Å². The molecule has 0 amide bonds. The smallest absolute Gasteiger partial charge is 0.0642 e. The molecule has 1 saturated heterocycles. The van der Waals surface area contributed by atoms with E-state index in [1.165, 1.54) is 24.1 Å². The third kappa shape index (κ3) is 4.36. The zero-order chi connectivity index (χ0) is 18.6. The molecule has 3 nitrogen and oxygen atoms in total. The Kier molecular flexibility index (Phi) is 5.80. The highest BCUT2D eigenvalue weighted by molar-refractivity contribution is 5.54. The molecule has 144 valence electrons. The quantitative estimate of drug-likeness (QED) is 0.759. The molecule has 2 aromatic rings. The molecule has 2 unspecified atom stereocenters. The monoisotopic (exact) mass is 364 g/mol. The molecule has 0 N–H and O–H groups in total. The van der Waals surface area contributed by atoms with Crippen molar-refractivity contribution in [1.29, 1.82) is 0 Å². The van der Waals surface area contributed by atoms with E-state index >= 15 is 0 Å². The molecule has 1 heterocycles. The minimum Gasteiger partial charge on any atom is -0.378 e. The van der Waals surface area contributed by atoms with E-state index in [1.807, 2.05) is 0 Å². The molecule has 0 radical (unpaired) electrons. The molecule has 0 bridgehead atoms. The van der Waals surface area contributed by atoms with E-state index in [0.717, 1.165) is 45.3 Å². The van der Waals surface area contributed by atoms with Gasteiger partial charge in [-0.3, -0.25) is 0 Å². The highest BCUT2D eigenvalue weighted by atomic mass is 16.5. The highest BCUT2D eigenvalue weighted by Gasteiger charge is 2.30. The summed E-state index contributed by atoms with van der Waals surface area (Å²) >= 11 is 0. The van der Waals surface area contributed by atoms with Crippen LogP contribution in [0.1, 0.15) is 36.0 Å². The second kappa shape index (κ2) is 8.45. The lowest BCUT2D eigenvalue weighted by atomic mass is 9.90. The lowest BCUT2D eigenvalue weighted by molar-refractivity contribution is 0.122. The second-order valence-electron chi connectivity index (χ2n) is 8.28. The summed E-state index contributed by atoms with van der Waals surface area (Å²) in [6.45, 7) is 8.32. The maximum atomic E-state index is 5.52. The Balaban J connectivity index is 1.41. The van der Waals surface area contributed by atoms with Crippen molar-refractivity contribution in [2.24, 2.45) is 5.92 Å². The molecule has 27 heavy (non-hydrogen) atoms. The fraction of sp³-hybridized carbons (Fsp3) is 0.500. The summed E-state index contributed by atoms with van der Waals surface area (Å²) in [6, 6.07) is 18.0. The van der Waals surface area contributed by atoms with E-state index in [0.29, 0.717) is 5.92 Å². The Hall–Kier alpha value is -1.84. The Morgan fingerprint density at radius 1 is 1.07 bits per heavy atom. The Morgan fingerprint density at radius 2 is 1.85 bits per heavy atom. The van der Waals surface area contributed by atoms with Crippen molar-refractivity contribution in [2.45, 2.75) is 32.2 Å². The van der Waals surface area contributed by atoms with Crippen LogP contribution in [0.3, 0.4) is 0 Å². The van der Waals surface area contributed by atoms with Crippen LogP contribution in [-0.2, 0) is 17.7 Å². The summed E-state index contributed by atoms with van der Waals surface area (Å²) in [4.78, 5) is 4.94. The lowest BCUT2D eigenvalue weighted by Crippen LogP contribution is -2.36. The number of fused-ring (bicyclic) bond motifs is 1. The zero-order valence-corrected chi connectivity index (χ0v) is 16.7. The van der Waals surface area contributed by atoms with Crippen molar-refractivity contribution in [1.82, 2.24) is 4.90 Å². The number of benzene rings is 2. The minimum atomic E-state index is 0.680. The van der Waals surface area contributed by atoms with Crippen molar-refractivity contribution in [3.05, 3.63) is 65.2 Å². The predicted molar refractivity (Wildman–Crippen MR) is 112 cm³/mol. The SMILES string of the molecule is CC1Cc2ccc(N3CCOCC3)cc2C1CCN(C)Cc1ccccc1. The fourth-order valence-electron chi connectivity index (χ4n) is 4.70. The lowest BCUT2D eigenvalue weighted by Gasteiger charge is -2.30. The third-order valence-corrected chi connectivity index (χ3v) is 6.25. The van der Waals surface area contributed by atoms with Crippen LogP contribution in [0.5, 0.6) is 0 Å².